The molecule has 1 aromatic rings. The van der Waals surface area contributed by atoms with Crippen molar-refractivity contribution >= 4 is 7.80 Å². The Hall–Kier alpha value is -2.14. The van der Waals surface area contributed by atoms with Gasteiger partial charge in [0.2, 0.25) is 0 Å². The molecule has 0 spiro atoms. The number of hydrogen-bond acceptors (Lipinski definition) is 4. The smallest absolute Gasteiger partial charge is 0.341 e. The molecule has 2 rings (SSSR count). The Balaban J connectivity index is 2.19. The van der Waals surface area contributed by atoms with Gasteiger partial charge in [-0.05, 0) is 19.3 Å². The summed E-state index contributed by atoms with van der Waals surface area (Å²) in [4.78, 5) is 26.5. The normalized spacial score (nSPS) is 22.3. The molecule has 2 heterocycles. The lowest BCUT2D eigenvalue weighted by Gasteiger charge is -2.14. The van der Waals surface area contributed by atoms with E-state index in [1.165, 1.54) is 10.8 Å². The number of terminal acetylenes is 1. The zero-order chi connectivity index (χ0) is 19.1. The summed E-state index contributed by atoms with van der Waals surface area (Å²) in [6.45, 7) is 3.65. The van der Waals surface area contributed by atoms with Crippen molar-refractivity contribution in [2.45, 2.75) is 63.4 Å². The minimum Gasteiger partial charge on any atom is -0.350 e. The lowest BCUT2D eigenvalue weighted by Crippen LogP contribution is -2.33. The average Bonchev–Trinajstić information content (AvgIpc) is 3.04. The summed E-state index contributed by atoms with van der Waals surface area (Å²) in [7, 11) is -1.41. The van der Waals surface area contributed by atoms with Gasteiger partial charge in [0, 0.05) is 25.5 Å². The quantitative estimate of drug-likeness (QED) is 0.471. The standard InChI is InChI=1S/C19H23N2O4P/c1-4-6-7-8-9-10-11-14-13-21(19(23)20-18(14)22)17-12-16(26(3)24)15(5-2)25-17/h1,13,15-17H,5-9,12H2,2-3H3/p+1. The number of ether oxygens (including phenoxy) is 1. The fourth-order valence-corrected chi connectivity index (χ4v) is 4.25. The Kier molecular flexibility index (Phi) is 7.39. The summed E-state index contributed by atoms with van der Waals surface area (Å²) in [5.74, 6) is 8.34. The molecule has 1 aromatic heterocycles. The molecule has 1 N–H and O–H groups in total. The van der Waals surface area contributed by atoms with E-state index in [2.05, 4.69) is 22.7 Å². The fourth-order valence-electron chi connectivity index (χ4n) is 3.02. The van der Waals surface area contributed by atoms with Gasteiger partial charge in [-0.1, -0.05) is 23.3 Å². The highest BCUT2D eigenvalue weighted by Crippen LogP contribution is 2.42. The van der Waals surface area contributed by atoms with Crippen LogP contribution in [-0.2, 0) is 9.30 Å². The van der Waals surface area contributed by atoms with Crippen LogP contribution in [0.25, 0.3) is 0 Å². The molecule has 26 heavy (non-hydrogen) atoms. The summed E-state index contributed by atoms with van der Waals surface area (Å²) in [6.07, 6.45) is 10.3. The molecule has 0 saturated carbocycles. The maximum Gasteiger partial charge on any atom is 0.341 e. The zero-order valence-electron chi connectivity index (χ0n) is 15.2. The van der Waals surface area contributed by atoms with Crippen LogP contribution < -0.4 is 11.2 Å². The average molecular weight is 375 g/mol. The first-order valence-electron chi connectivity index (χ1n) is 8.81. The van der Waals surface area contributed by atoms with E-state index in [-0.39, 0.29) is 17.3 Å². The van der Waals surface area contributed by atoms with Crippen molar-refractivity contribution in [3.63, 3.8) is 0 Å². The van der Waals surface area contributed by atoms with Gasteiger partial charge >= 0.3 is 13.5 Å². The Morgan fingerprint density at radius 3 is 2.73 bits per heavy atom. The Morgan fingerprint density at radius 2 is 2.12 bits per heavy atom. The summed E-state index contributed by atoms with van der Waals surface area (Å²) in [6, 6.07) is 0. The van der Waals surface area contributed by atoms with E-state index in [0.717, 1.165) is 19.3 Å². The van der Waals surface area contributed by atoms with Crippen LogP contribution in [0.5, 0.6) is 0 Å². The topological polar surface area (TPSA) is 81.2 Å². The molecule has 1 fully saturated rings. The number of H-pyrrole nitrogens is 1. The summed E-state index contributed by atoms with van der Waals surface area (Å²) in [5, 5.41) is 0. The van der Waals surface area contributed by atoms with Crippen LogP contribution in [0.3, 0.4) is 0 Å². The van der Waals surface area contributed by atoms with Crippen molar-refractivity contribution in [3.05, 3.63) is 32.6 Å². The Morgan fingerprint density at radius 1 is 1.38 bits per heavy atom. The van der Waals surface area contributed by atoms with Gasteiger partial charge < -0.3 is 4.74 Å². The van der Waals surface area contributed by atoms with Crippen LogP contribution >= 0.6 is 7.80 Å². The predicted octanol–water partition coefficient (Wildman–Crippen LogP) is 2.61. The molecule has 0 aliphatic carbocycles. The summed E-state index contributed by atoms with van der Waals surface area (Å²) >= 11 is 0. The largest absolute Gasteiger partial charge is 0.350 e. The van der Waals surface area contributed by atoms with Crippen LogP contribution in [-0.4, -0.2) is 28.0 Å². The lowest BCUT2D eigenvalue weighted by molar-refractivity contribution is -0.00159. The van der Waals surface area contributed by atoms with Crippen molar-refractivity contribution in [2.24, 2.45) is 0 Å². The summed E-state index contributed by atoms with van der Waals surface area (Å²) in [5.41, 5.74) is -0.918. The third-order valence-electron chi connectivity index (χ3n) is 4.45. The molecule has 0 radical (unpaired) electrons. The van der Waals surface area contributed by atoms with Gasteiger partial charge in [0.15, 0.2) is 5.66 Å². The monoisotopic (exact) mass is 375 g/mol. The number of rotatable bonds is 6. The van der Waals surface area contributed by atoms with Gasteiger partial charge in [0.05, 0.1) is 0 Å². The van der Waals surface area contributed by atoms with Crippen LogP contribution in [0, 0.1) is 24.2 Å². The molecule has 138 valence electrons. The van der Waals surface area contributed by atoms with E-state index in [9.17, 15) is 14.2 Å². The second-order valence-electron chi connectivity index (χ2n) is 6.31. The van der Waals surface area contributed by atoms with Crippen LogP contribution in [0.2, 0.25) is 0 Å². The Bertz CT molecular complexity index is 868. The van der Waals surface area contributed by atoms with Crippen LogP contribution in [0.1, 0.15) is 57.2 Å². The second kappa shape index (κ2) is 9.53. The first kappa shape index (κ1) is 20.2. The van der Waals surface area contributed by atoms with E-state index in [1.807, 2.05) is 6.92 Å². The number of nitrogens with zero attached hydrogens (tertiary/aromatic N) is 1. The van der Waals surface area contributed by atoms with Crippen molar-refractivity contribution < 1.29 is 9.30 Å². The Labute approximate surface area is 154 Å². The second-order valence-corrected chi connectivity index (χ2v) is 8.06. The first-order chi connectivity index (χ1) is 12.5. The van der Waals surface area contributed by atoms with Gasteiger partial charge in [-0.2, -0.15) is 0 Å². The summed E-state index contributed by atoms with van der Waals surface area (Å²) < 4.78 is 19.2. The van der Waals surface area contributed by atoms with Gasteiger partial charge in [-0.3, -0.25) is 14.3 Å². The minimum absolute atomic E-state index is 0.0930. The van der Waals surface area contributed by atoms with Crippen molar-refractivity contribution in [1.82, 2.24) is 9.55 Å². The molecule has 1 aliphatic rings. The highest BCUT2D eigenvalue weighted by atomic mass is 31.1. The van der Waals surface area contributed by atoms with E-state index in [4.69, 9.17) is 11.2 Å². The molecule has 1 saturated heterocycles. The van der Waals surface area contributed by atoms with Gasteiger partial charge in [0.25, 0.3) is 5.56 Å². The molecule has 7 heteroatoms. The van der Waals surface area contributed by atoms with Crippen molar-refractivity contribution in [3.8, 4) is 24.2 Å². The van der Waals surface area contributed by atoms with Crippen molar-refractivity contribution in [2.75, 3.05) is 6.66 Å². The third kappa shape index (κ3) is 4.94. The highest BCUT2D eigenvalue weighted by molar-refractivity contribution is 7.44. The van der Waals surface area contributed by atoms with Gasteiger partial charge in [-0.15, -0.1) is 12.3 Å². The maximum atomic E-state index is 12.2. The molecule has 0 aromatic carbocycles. The SMILES string of the molecule is C#CCCCCC#Cc1cn(C2CC([P+](C)=O)C(CC)O2)c(=O)[nH]c1=O. The van der Waals surface area contributed by atoms with E-state index in [0.29, 0.717) is 19.3 Å². The molecule has 4 unspecified atom stereocenters. The number of hydrogen-bond donors (Lipinski definition) is 1. The molecule has 6 nitrogen and oxygen atoms in total. The van der Waals surface area contributed by atoms with Gasteiger partial charge in [-0.25, -0.2) is 4.79 Å². The van der Waals surface area contributed by atoms with E-state index < -0.39 is 25.3 Å². The van der Waals surface area contributed by atoms with Gasteiger partial charge in [0.1, 0.15) is 24.6 Å². The van der Waals surface area contributed by atoms with E-state index >= 15 is 0 Å². The highest BCUT2D eigenvalue weighted by Gasteiger charge is 2.44. The predicted molar refractivity (Wildman–Crippen MR) is 102 cm³/mol. The van der Waals surface area contributed by atoms with Crippen LogP contribution in [0.4, 0.5) is 0 Å². The maximum absolute atomic E-state index is 12.2. The molecular weight excluding hydrogens is 351 g/mol. The molecule has 1 aliphatic heterocycles. The van der Waals surface area contributed by atoms with Crippen molar-refractivity contribution in [1.29, 1.82) is 0 Å². The zero-order valence-corrected chi connectivity index (χ0v) is 16.1. The third-order valence-corrected chi connectivity index (χ3v) is 5.92. The fraction of sp³-hybridized carbons (Fsp3) is 0.579. The number of nitrogens with one attached hydrogen (secondary N) is 1. The molecular formula is C19H24N2O4P+. The lowest BCUT2D eigenvalue weighted by atomic mass is 10.2. The number of aromatic amines is 1. The molecule has 0 amide bonds. The molecule has 0 bridgehead atoms. The number of aromatic nitrogens is 2. The minimum atomic E-state index is -1.41. The van der Waals surface area contributed by atoms with Crippen LogP contribution in [0.15, 0.2) is 15.8 Å². The number of unbranched alkanes of at least 4 members (excludes halogenated alkanes) is 3. The van der Waals surface area contributed by atoms with E-state index in [1.54, 1.807) is 6.66 Å². The first-order valence-corrected chi connectivity index (χ1v) is 10.6. The molecule has 4 atom stereocenters.